The van der Waals surface area contributed by atoms with Gasteiger partial charge in [0.2, 0.25) is 5.91 Å². The van der Waals surface area contributed by atoms with Crippen LogP contribution in [0.15, 0.2) is 24.3 Å². The molecular weight excluding hydrogens is 258 g/mol. The van der Waals surface area contributed by atoms with Gasteiger partial charge in [-0.1, -0.05) is 26.0 Å². The maximum Gasteiger partial charge on any atom is 0.306 e. The summed E-state index contributed by atoms with van der Waals surface area (Å²) in [4.78, 5) is 23.0. The van der Waals surface area contributed by atoms with Gasteiger partial charge in [0.15, 0.2) is 0 Å². The van der Waals surface area contributed by atoms with Crippen molar-refractivity contribution in [2.45, 2.75) is 32.7 Å². The standard InChI is InChI=1S/C15H21NO4/c1-10(2)14(19)16-15(3,9-13(17)18)11-6-5-7-12(8-11)20-4/h5-8,10H,9H2,1-4H3,(H,16,19)(H,17,18). The molecule has 0 aliphatic heterocycles. The first-order valence-corrected chi connectivity index (χ1v) is 6.47. The SMILES string of the molecule is COc1cccc(C(C)(CC(=O)O)NC(=O)C(C)C)c1. The van der Waals surface area contributed by atoms with E-state index < -0.39 is 11.5 Å². The van der Waals surface area contributed by atoms with Gasteiger partial charge in [-0.2, -0.15) is 0 Å². The fourth-order valence-electron chi connectivity index (χ4n) is 1.90. The van der Waals surface area contributed by atoms with Crippen LogP contribution in [0.25, 0.3) is 0 Å². The van der Waals surface area contributed by atoms with Crippen LogP contribution in [0.5, 0.6) is 5.75 Å². The molecule has 0 saturated carbocycles. The van der Waals surface area contributed by atoms with Gasteiger partial charge in [0.05, 0.1) is 19.1 Å². The second-order valence-electron chi connectivity index (χ2n) is 5.28. The number of methoxy groups -OCH3 is 1. The zero-order valence-electron chi connectivity index (χ0n) is 12.3. The second-order valence-corrected chi connectivity index (χ2v) is 5.28. The third kappa shape index (κ3) is 3.98. The third-order valence-corrected chi connectivity index (χ3v) is 3.14. The molecule has 2 N–H and O–H groups in total. The minimum Gasteiger partial charge on any atom is -0.497 e. The van der Waals surface area contributed by atoms with Crippen molar-refractivity contribution in [1.29, 1.82) is 0 Å². The number of carboxylic acid groups (broad SMARTS) is 1. The Kier molecular flexibility index (Phi) is 5.13. The van der Waals surface area contributed by atoms with Gasteiger partial charge < -0.3 is 15.2 Å². The Balaban J connectivity index is 3.15. The van der Waals surface area contributed by atoms with E-state index in [4.69, 9.17) is 9.84 Å². The van der Waals surface area contributed by atoms with Gasteiger partial charge in [0.25, 0.3) is 0 Å². The lowest BCUT2D eigenvalue weighted by Gasteiger charge is -2.31. The lowest BCUT2D eigenvalue weighted by Crippen LogP contribution is -2.46. The van der Waals surface area contributed by atoms with Crippen molar-refractivity contribution in [2.24, 2.45) is 5.92 Å². The first-order chi connectivity index (χ1) is 9.28. The quantitative estimate of drug-likeness (QED) is 0.836. The molecule has 0 saturated heterocycles. The fraction of sp³-hybridized carbons (Fsp3) is 0.467. The minimum absolute atomic E-state index is 0.184. The summed E-state index contributed by atoms with van der Waals surface area (Å²) in [5.74, 6) is -0.748. The number of ether oxygens (including phenoxy) is 1. The minimum atomic E-state index is -0.973. The molecule has 1 atom stereocenters. The molecule has 0 spiro atoms. The lowest BCUT2D eigenvalue weighted by atomic mass is 9.87. The monoisotopic (exact) mass is 279 g/mol. The van der Waals surface area contributed by atoms with Gasteiger partial charge >= 0.3 is 5.97 Å². The van der Waals surface area contributed by atoms with E-state index in [0.29, 0.717) is 11.3 Å². The van der Waals surface area contributed by atoms with Crippen LogP contribution in [0.1, 0.15) is 32.8 Å². The number of hydrogen-bond acceptors (Lipinski definition) is 3. The zero-order chi connectivity index (χ0) is 15.3. The summed E-state index contributed by atoms with van der Waals surface area (Å²) >= 11 is 0. The molecule has 1 rings (SSSR count). The van der Waals surface area contributed by atoms with E-state index in [1.807, 2.05) is 0 Å². The summed E-state index contributed by atoms with van der Waals surface area (Å²) in [6.45, 7) is 5.24. The van der Waals surface area contributed by atoms with Crippen LogP contribution >= 0.6 is 0 Å². The molecule has 0 aromatic heterocycles. The van der Waals surface area contributed by atoms with E-state index in [0.717, 1.165) is 0 Å². The van der Waals surface area contributed by atoms with Crippen LogP contribution in [-0.4, -0.2) is 24.1 Å². The van der Waals surface area contributed by atoms with E-state index in [1.54, 1.807) is 52.1 Å². The zero-order valence-corrected chi connectivity index (χ0v) is 12.3. The first kappa shape index (κ1) is 16.0. The summed E-state index contributed by atoms with van der Waals surface area (Å²) in [5, 5.41) is 11.9. The molecule has 5 nitrogen and oxygen atoms in total. The Hall–Kier alpha value is -2.04. The Morgan fingerprint density at radius 1 is 1.40 bits per heavy atom. The number of nitrogens with one attached hydrogen (secondary N) is 1. The molecule has 0 heterocycles. The average Bonchev–Trinajstić information content (AvgIpc) is 2.37. The summed E-state index contributed by atoms with van der Waals surface area (Å²) in [6, 6.07) is 7.07. The highest BCUT2D eigenvalue weighted by Crippen LogP contribution is 2.28. The Morgan fingerprint density at radius 3 is 2.55 bits per heavy atom. The van der Waals surface area contributed by atoms with E-state index in [9.17, 15) is 9.59 Å². The summed E-state index contributed by atoms with van der Waals surface area (Å²) in [5.41, 5.74) is -0.268. The van der Waals surface area contributed by atoms with Crippen LogP contribution in [0.3, 0.4) is 0 Å². The number of aliphatic carboxylic acids is 1. The number of carboxylic acids is 1. The van der Waals surface area contributed by atoms with Crippen molar-refractivity contribution in [3.8, 4) is 5.75 Å². The van der Waals surface area contributed by atoms with Crippen molar-refractivity contribution < 1.29 is 19.4 Å². The molecule has 110 valence electrons. The number of benzene rings is 1. The van der Waals surface area contributed by atoms with Crippen molar-refractivity contribution in [3.05, 3.63) is 29.8 Å². The molecule has 1 aromatic carbocycles. The molecular formula is C15H21NO4. The molecule has 0 aliphatic carbocycles. The van der Waals surface area contributed by atoms with Gasteiger partial charge in [-0.25, -0.2) is 0 Å². The predicted molar refractivity (Wildman–Crippen MR) is 75.6 cm³/mol. The molecule has 0 aliphatic rings. The predicted octanol–water partition coefficient (Wildman–Crippen LogP) is 2.16. The van der Waals surface area contributed by atoms with Gasteiger partial charge in [-0.3, -0.25) is 9.59 Å². The summed E-state index contributed by atoms with van der Waals surface area (Å²) in [7, 11) is 1.54. The summed E-state index contributed by atoms with van der Waals surface area (Å²) < 4.78 is 5.15. The van der Waals surface area contributed by atoms with Crippen molar-refractivity contribution in [3.63, 3.8) is 0 Å². The molecule has 5 heteroatoms. The fourth-order valence-corrected chi connectivity index (χ4v) is 1.90. The average molecular weight is 279 g/mol. The number of amides is 1. The van der Waals surface area contributed by atoms with Gasteiger partial charge in [-0.15, -0.1) is 0 Å². The van der Waals surface area contributed by atoms with E-state index >= 15 is 0 Å². The topological polar surface area (TPSA) is 75.6 Å². The van der Waals surface area contributed by atoms with Crippen molar-refractivity contribution in [1.82, 2.24) is 5.32 Å². The number of carbonyl (C=O) groups excluding carboxylic acids is 1. The largest absolute Gasteiger partial charge is 0.497 e. The van der Waals surface area contributed by atoms with E-state index in [2.05, 4.69) is 5.32 Å². The van der Waals surface area contributed by atoms with Gasteiger partial charge in [-0.05, 0) is 24.6 Å². The highest BCUT2D eigenvalue weighted by atomic mass is 16.5. The summed E-state index contributed by atoms with van der Waals surface area (Å²) in [6.07, 6.45) is -0.196. The van der Waals surface area contributed by atoms with Crippen LogP contribution < -0.4 is 10.1 Å². The normalized spacial score (nSPS) is 13.7. The van der Waals surface area contributed by atoms with Crippen LogP contribution in [0, 0.1) is 5.92 Å². The van der Waals surface area contributed by atoms with Gasteiger partial charge in [0.1, 0.15) is 5.75 Å². The second kappa shape index (κ2) is 6.41. The Labute approximate surface area is 118 Å². The van der Waals surface area contributed by atoms with Crippen molar-refractivity contribution in [2.75, 3.05) is 7.11 Å². The highest BCUT2D eigenvalue weighted by Gasteiger charge is 2.32. The third-order valence-electron chi connectivity index (χ3n) is 3.14. The number of rotatable bonds is 6. The van der Waals surface area contributed by atoms with Crippen molar-refractivity contribution >= 4 is 11.9 Å². The molecule has 1 aromatic rings. The number of hydrogen-bond donors (Lipinski definition) is 2. The smallest absolute Gasteiger partial charge is 0.306 e. The highest BCUT2D eigenvalue weighted by molar-refractivity contribution is 5.80. The molecule has 1 unspecified atom stereocenters. The number of carbonyl (C=O) groups is 2. The maximum absolute atomic E-state index is 11.9. The van der Waals surface area contributed by atoms with Gasteiger partial charge in [0, 0.05) is 5.92 Å². The van der Waals surface area contributed by atoms with E-state index in [-0.39, 0.29) is 18.2 Å². The maximum atomic E-state index is 11.9. The molecule has 1 amide bonds. The molecule has 0 radical (unpaired) electrons. The van der Waals surface area contributed by atoms with Crippen LogP contribution in [-0.2, 0) is 15.1 Å². The van der Waals surface area contributed by atoms with Crippen LogP contribution in [0.4, 0.5) is 0 Å². The lowest BCUT2D eigenvalue weighted by molar-refractivity contribution is -0.139. The molecule has 0 bridgehead atoms. The molecule has 0 fully saturated rings. The van der Waals surface area contributed by atoms with E-state index in [1.165, 1.54) is 0 Å². The Morgan fingerprint density at radius 2 is 2.05 bits per heavy atom. The van der Waals surface area contributed by atoms with Crippen LogP contribution in [0.2, 0.25) is 0 Å². The molecule has 20 heavy (non-hydrogen) atoms. The Bertz CT molecular complexity index is 498. The first-order valence-electron chi connectivity index (χ1n) is 6.47.